The van der Waals surface area contributed by atoms with E-state index in [1.165, 1.54) is 22.9 Å². The number of carbonyl (C=O) groups excluding carboxylic acids is 3. The third-order valence-electron chi connectivity index (χ3n) is 4.23. The summed E-state index contributed by atoms with van der Waals surface area (Å²) in [4.78, 5) is 36.4. The molecule has 1 aromatic heterocycles. The van der Waals surface area contributed by atoms with Gasteiger partial charge in [-0.1, -0.05) is 6.07 Å². The zero-order valence-corrected chi connectivity index (χ0v) is 14.9. The van der Waals surface area contributed by atoms with Crippen LogP contribution in [0.15, 0.2) is 30.3 Å². The minimum atomic E-state index is -4.50. The Kier molecular flexibility index (Phi) is 5.21. The average molecular weight is 394 g/mol. The standard InChI is InChI=1S/C18H17F3N4O3/c1-11-9-14(22-15(26)7-8-24-16(27)5-6-17(24)28)25(23-11)13-4-2-3-12(10-13)18(19,20)21/h2-4,9-10H,5-8H2,1H3,(H,22,26). The maximum Gasteiger partial charge on any atom is 0.416 e. The molecule has 7 nitrogen and oxygen atoms in total. The maximum absolute atomic E-state index is 13.0. The van der Waals surface area contributed by atoms with E-state index in [2.05, 4.69) is 10.4 Å². The molecule has 1 aromatic carbocycles. The number of aryl methyl sites for hydroxylation is 1. The van der Waals surface area contributed by atoms with Crippen molar-refractivity contribution in [3.05, 3.63) is 41.6 Å². The summed E-state index contributed by atoms with van der Waals surface area (Å²) < 4.78 is 40.1. The molecule has 1 aliphatic heterocycles. The van der Waals surface area contributed by atoms with Gasteiger partial charge in [0.2, 0.25) is 17.7 Å². The number of aromatic nitrogens is 2. The van der Waals surface area contributed by atoms with Crippen molar-refractivity contribution in [2.75, 3.05) is 11.9 Å². The molecule has 1 saturated heterocycles. The number of imide groups is 1. The van der Waals surface area contributed by atoms with Gasteiger partial charge in [-0.25, -0.2) is 4.68 Å². The molecule has 0 spiro atoms. The van der Waals surface area contributed by atoms with Gasteiger partial charge in [-0.2, -0.15) is 18.3 Å². The van der Waals surface area contributed by atoms with E-state index in [9.17, 15) is 27.6 Å². The predicted molar refractivity (Wildman–Crippen MR) is 92.5 cm³/mol. The minimum Gasteiger partial charge on any atom is -0.311 e. The van der Waals surface area contributed by atoms with Crippen LogP contribution in [0.4, 0.5) is 19.0 Å². The van der Waals surface area contributed by atoms with Gasteiger partial charge in [0.25, 0.3) is 0 Å². The highest BCUT2D eigenvalue weighted by atomic mass is 19.4. The van der Waals surface area contributed by atoms with Crippen molar-refractivity contribution in [1.82, 2.24) is 14.7 Å². The summed E-state index contributed by atoms with van der Waals surface area (Å²) in [5, 5.41) is 6.71. The van der Waals surface area contributed by atoms with Crippen molar-refractivity contribution < 1.29 is 27.6 Å². The second-order valence-corrected chi connectivity index (χ2v) is 6.37. The molecular formula is C18H17F3N4O3. The van der Waals surface area contributed by atoms with Gasteiger partial charge < -0.3 is 5.32 Å². The maximum atomic E-state index is 13.0. The van der Waals surface area contributed by atoms with Crippen molar-refractivity contribution >= 4 is 23.5 Å². The van der Waals surface area contributed by atoms with Crippen molar-refractivity contribution in [2.45, 2.75) is 32.4 Å². The molecule has 3 rings (SSSR count). The lowest BCUT2D eigenvalue weighted by atomic mass is 10.2. The third-order valence-corrected chi connectivity index (χ3v) is 4.23. The van der Waals surface area contributed by atoms with Crippen LogP contribution in [0.2, 0.25) is 0 Å². The van der Waals surface area contributed by atoms with Crippen molar-refractivity contribution in [2.24, 2.45) is 0 Å². The van der Waals surface area contributed by atoms with E-state index in [1.54, 1.807) is 6.92 Å². The van der Waals surface area contributed by atoms with Gasteiger partial charge >= 0.3 is 6.18 Å². The van der Waals surface area contributed by atoms with Crippen LogP contribution in [0.5, 0.6) is 0 Å². The highest BCUT2D eigenvalue weighted by molar-refractivity contribution is 6.02. The zero-order chi connectivity index (χ0) is 20.5. The van der Waals surface area contributed by atoms with E-state index >= 15 is 0 Å². The largest absolute Gasteiger partial charge is 0.416 e. The van der Waals surface area contributed by atoms with E-state index in [0.29, 0.717) is 5.69 Å². The van der Waals surface area contributed by atoms with Gasteiger partial charge in [0.15, 0.2) is 0 Å². The second-order valence-electron chi connectivity index (χ2n) is 6.37. The lowest BCUT2D eigenvalue weighted by Gasteiger charge is -2.14. The number of halogens is 3. The first-order valence-corrected chi connectivity index (χ1v) is 8.52. The van der Waals surface area contributed by atoms with E-state index in [1.807, 2.05) is 0 Å². The topological polar surface area (TPSA) is 84.3 Å². The number of carbonyl (C=O) groups is 3. The monoisotopic (exact) mass is 394 g/mol. The van der Waals surface area contributed by atoms with E-state index < -0.39 is 17.6 Å². The Morgan fingerprint density at radius 1 is 1.18 bits per heavy atom. The van der Waals surface area contributed by atoms with Crippen LogP contribution >= 0.6 is 0 Å². The summed E-state index contributed by atoms with van der Waals surface area (Å²) in [5.74, 6) is -0.924. The summed E-state index contributed by atoms with van der Waals surface area (Å²) in [7, 11) is 0. The fourth-order valence-electron chi connectivity index (χ4n) is 2.89. The Morgan fingerprint density at radius 3 is 2.50 bits per heavy atom. The average Bonchev–Trinajstić information content (AvgIpc) is 3.14. The Bertz CT molecular complexity index is 920. The van der Waals surface area contributed by atoms with Gasteiger partial charge in [0.1, 0.15) is 5.82 Å². The van der Waals surface area contributed by atoms with Crippen molar-refractivity contribution in [3.8, 4) is 5.69 Å². The highest BCUT2D eigenvalue weighted by Gasteiger charge is 2.31. The molecule has 3 amide bonds. The molecule has 0 radical (unpaired) electrons. The number of alkyl halides is 3. The van der Waals surface area contributed by atoms with Crippen LogP contribution in [0, 0.1) is 6.92 Å². The van der Waals surface area contributed by atoms with Gasteiger partial charge in [-0.3, -0.25) is 19.3 Å². The third kappa shape index (κ3) is 4.21. The minimum absolute atomic E-state index is 0.0415. The smallest absolute Gasteiger partial charge is 0.311 e. The van der Waals surface area contributed by atoms with Gasteiger partial charge in [-0.15, -0.1) is 0 Å². The molecule has 0 aliphatic carbocycles. The number of nitrogens with zero attached hydrogens (tertiary/aromatic N) is 3. The molecule has 28 heavy (non-hydrogen) atoms. The Hall–Kier alpha value is -3.17. The number of likely N-dealkylation sites (tertiary alicyclic amines) is 1. The predicted octanol–water partition coefficient (Wildman–Crippen LogP) is 2.68. The number of amides is 3. The van der Waals surface area contributed by atoms with Crippen LogP contribution in [0.25, 0.3) is 5.69 Å². The van der Waals surface area contributed by atoms with Crippen LogP contribution in [0.3, 0.4) is 0 Å². The van der Waals surface area contributed by atoms with Crippen LogP contribution in [-0.4, -0.2) is 38.9 Å². The van der Waals surface area contributed by atoms with Gasteiger partial charge in [0, 0.05) is 31.9 Å². The summed E-state index contributed by atoms with van der Waals surface area (Å²) in [6.07, 6.45) is -4.34. The van der Waals surface area contributed by atoms with Crippen molar-refractivity contribution in [1.29, 1.82) is 0 Å². The van der Waals surface area contributed by atoms with Crippen molar-refractivity contribution in [3.63, 3.8) is 0 Å². The molecule has 0 bridgehead atoms. The fraction of sp³-hybridized carbons (Fsp3) is 0.333. The Labute approximate surface area is 158 Å². The van der Waals surface area contributed by atoms with Crippen LogP contribution in [-0.2, 0) is 20.6 Å². The number of anilines is 1. The lowest BCUT2D eigenvalue weighted by Crippen LogP contribution is -2.32. The molecular weight excluding hydrogens is 377 g/mol. The number of hydrogen-bond acceptors (Lipinski definition) is 4. The molecule has 1 fully saturated rings. The molecule has 2 heterocycles. The molecule has 0 saturated carbocycles. The summed E-state index contributed by atoms with van der Waals surface area (Å²) >= 11 is 0. The first-order valence-electron chi connectivity index (χ1n) is 8.52. The SMILES string of the molecule is Cc1cc(NC(=O)CCN2C(=O)CCC2=O)n(-c2cccc(C(F)(F)F)c2)n1. The van der Waals surface area contributed by atoms with Crippen LogP contribution < -0.4 is 5.32 Å². The fourth-order valence-corrected chi connectivity index (χ4v) is 2.89. The first-order chi connectivity index (χ1) is 13.1. The molecule has 0 unspecified atom stereocenters. The van der Waals surface area contributed by atoms with Gasteiger partial charge in [-0.05, 0) is 25.1 Å². The molecule has 148 valence electrons. The molecule has 1 N–H and O–H groups in total. The Morgan fingerprint density at radius 2 is 1.86 bits per heavy atom. The molecule has 2 aromatic rings. The summed E-state index contributed by atoms with van der Waals surface area (Å²) in [6.45, 7) is 1.60. The molecule has 0 atom stereocenters. The lowest BCUT2D eigenvalue weighted by molar-refractivity contribution is -0.139. The number of hydrogen-bond donors (Lipinski definition) is 1. The van der Waals surface area contributed by atoms with E-state index in [4.69, 9.17) is 0 Å². The second kappa shape index (κ2) is 7.45. The number of benzene rings is 1. The molecule has 10 heteroatoms. The van der Waals surface area contributed by atoms with E-state index in [0.717, 1.165) is 17.0 Å². The number of rotatable bonds is 5. The van der Waals surface area contributed by atoms with Crippen LogP contribution in [0.1, 0.15) is 30.5 Å². The first kappa shape index (κ1) is 19.6. The normalized spacial score (nSPS) is 14.6. The van der Waals surface area contributed by atoms with E-state index in [-0.39, 0.29) is 49.1 Å². The summed E-state index contributed by atoms with van der Waals surface area (Å²) in [6, 6.07) is 6.10. The summed E-state index contributed by atoms with van der Waals surface area (Å²) in [5.41, 5.74) is -0.192. The zero-order valence-electron chi connectivity index (χ0n) is 14.9. The number of nitrogens with one attached hydrogen (secondary N) is 1. The highest BCUT2D eigenvalue weighted by Crippen LogP contribution is 2.31. The Balaban J connectivity index is 1.75. The quantitative estimate of drug-likeness (QED) is 0.791. The molecule has 1 aliphatic rings. The van der Waals surface area contributed by atoms with Gasteiger partial charge in [0.05, 0.1) is 16.9 Å².